The highest BCUT2D eigenvalue weighted by Gasteiger charge is 2.38. The van der Waals surface area contributed by atoms with E-state index in [9.17, 15) is 0 Å². The summed E-state index contributed by atoms with van der Waals surface area (Å²) < 4.78 is 2.29. The number of benzene rings is 6. The van der Waals surface area contributed by atoms with Crippen LogP contribution in [0.4, 0.5) is 0 Å². The van der Waals surface area contributed by atoms with Gasteiger partial charge in [-0.1, -0.05) is 111 Å². The number of rotatable bonds is 1. The van der Waals surface area contributed by atoms with Crippen LogP contribution in [0.25, 0.3) is 71.8 Å². The highest BCUT2D eigenvalue weighted by Crippen LogP contribution is 2.55. The zero-order valence-electron chi connectivity index (χ0n) is 23.7. The van der Waals surface area contributed by atoms with Crippen LogP contribution in [0, 0.1) is 0 Å². The molecule has 0 fully saturated rings. The van der Waals surface area contributed by atoms with Crippen molar-refractivity contribution in [3.8, 4) is 28.3 Å². The van der Waals surface area contributed by atoms with E-state index in [4.69, 9.17) is 9.97 Å². The highest BCUT2D eigenvalue weighted by atomic mass is 32.2. The maximum atomic E-state index is 5.37. The van der Waals surface area contributed by atoms with Gasteiger partial charge in [0.15, 0.2) is 0 Å². The van der Waals surface area contributed by atoms with Crippen molar-refractivity contribution in [1.29, 1.82) is 0 Å². The van der Waals surface area contributed by atoms with E-state index in [1.54, 1.807) is 11.8 Å². The summed E-state index contributed by atoms with van der Waals surface area (Å²) in [7, 11) is 0. The van der Waals surface area contributed by atoms with Crippen LogP contribution < -0.4 is 0 Å². The van der Waals surface area contributed by atoms with Gasteiger partial charge in [0.25, 0.3) is 0 Å². The van der Waals surface area contributed by atoms with Gasteiger partial charge in [-0.3, -0.25) is 4.57 Å². The van der Waals surface area contributed by atoms with Crippen LogP contribution in [0.2, 0.25) is 0 Å². The second-order valence-electron chi connectivity index (χ2n) is 12.2. The van der Waals surface area contributed by atoms with Crippen LogP contribution in [0.5, 0.6) is 0 Å². The first kappa shape index (κ1) is 23.6. The molecule has 0 saturated carbocycles. The van der Waals surface area contributed by atoms with Gasteiger partial charge < -0.3 is 0 Å². The highest BCUT2D eigenvalue weighted by molar-refractivity contribution is 7.99. The third-order valence-electron chi connectivity index (χ3n) is 9.60. The van der Waals surface area contributed by atoms with Gasteiger partial charge in [-0.25, -0.2) is 9.97 Å². The van der Waals surface area contributed by atoms with Crippen LogP contribution >= 0.6 is 11.8 Å². The Balaban J connectivity index is 1.36. The zero-order chi connectivity index (χ0) is 28.4. The average molecular weight is 568 g/mol. The monoisotopic (exact) mass is 567 g/mol. The van der Waals surface area contributed by atoms with Crippen LogP contribution in [-0.4, -0.2) is 14.5 Å². The van der Waals surface area contributed by atoms with Crippen molar-refractivity contribution in [2.45, 2.75) is 29.1 Å². The molecule has 0 bridgehead atoms. The number of hydrogen-bond donors (Lipinski definition) is 0. The smallest absolute Gasteiger partial charge is 0.235 e. The first-order valence-corrected chi connectivity index (χ1v) is 15.6. The van der Waals surface area contributed by atoms with E-state index < -0.39 is 0 Å². The number of hydrogen-bond acceptors (Lipinski definition) is 3. The Morgan fingerprint density at radius 3 is 2.26 bits per heavy atom. The van der Waals surface area contributed by atoms with Gasteiger partial charge >= 0.3 is 0 Å². The molecule has 0 N–H and O–H groups in total. The Hall–Kier alpha value is -4.93. The van der Waals surface area contributed by atoms with Gasteiger partial charge in [-0.15, -0.1) is 0 Å². The van der Waals surface area contributed by atoms with E-state index in [1.807, 2.05) is 0 Å². The third kappa shape index (κ3) is 2.96. The van der Waals surface area contributed by atoms with Crippen molar-refractivity contribution < 1.29 is 0 Å². The topological polar surface area (TPSA) is 30.7 Å². The molecule has 0 amide bonds. The summed E-state index contributed by atoms with van der Waals surface area (Å²) in [6.45, 7) is 4.73. The number of para-hydroxylation sites is 1. The molecule has 0 unspecified atom stereocenters. The standard InChI is InChI=1S/C39H25N3S/c1-39(2)26-19-18-22-10-3-4-11-23(22)33(26)35-27(39)20-21-30-34(35)24-12-5-7-15-29(24)42(30)38-40-28-14-9-17-32-36(28)37(41-38)25-13-6-8-16-31(25)43-32/h3-21H,1-2H3. The fourth-order valence-electron chi connectivity index (χ4n) is 7.65. The largest absolute Gasteiger partial charge is 0.278 e. The Kier molecular flexibility index (Phi) is 4.46. The van der Waals surface area contributed by atoms with Crippen molar-refractivity contribution in [1.82, 2.24) is 14.5 Å². The molecule has 10 rings (SSSR count). The molecular weight excluding hydrogens is 543 g/mol. The van der Waals surface area contributed by atoms with E-state index in [-0.39, 0.29) is 5.41 Å². The lowest BCUT2D eigenvalue weighted by molar-refractivity contribution is 0.661. The summed E-state index contributed by atoms with van der Waals surface area (Å²) in [4.78, 5) is 13.1. The Bertz CT molecular complexity index is 2520. The van der Waals surface area contributed by atoms with E-state index in [0.717, 1.165) is 27.6 Å². The minimum atomic E-state index is -0.104. The van der Waals surface area contributed by atoms with Gasteiger partial charge in [-0.05, 0) is 63.4 Å². The van der Waals surface area contributed by atoms with Crippen molar-refractivity contribution in [2.75, 3.05) is 0 Å². The van der Waals surface area contributed by atoms with Gasteiger partial charge in [0, 0.05) is 36.9 Å². The molecule has 0 atom stereocenters. The molecular formula is C39H25N3S. The van der Waals surface area contributed by atoms with Gasteiger partial charge in [-0.2, -0.15) is 0 Å². The number of fused-ring (bicyclic) bond motifs is 11. The Morgan fingerprint density at radius 2 is 1.33 bits per heavy atom. The van der Waals surface area contributed by atoms with Crippen molar-refractivity contribution >= 4 is 55.2 Å². The fourth-order valence-corrected chi connectivity index (χ4v) is 8.76. The molecule has 3 heterocycles. The van der Waals surface area contributed by atoms with E-state index in [2.05, 4.69) is 134 Å². The molecule has 1 aliphatic heterocycles. The van der Waals surface area contributed by atoms with Crippen molar-refractivity contribution in [2.24, 2.45) is 0 Å². The summed E-state index contributed by atoms with van der Waals surface area (Å²) >= 11 is 1.80. The predicted octanol–water partition coefficient (Wildman–Crippen LogP) is 10.3. The second-order valence-corrected chi connectivity index (χ2v) is 13.3. The average Bonchev–Trinajstić information content (AvgIpc) is 3.50. The fraction of sp³-hybridized carbons (Fsp3) is 0.0769. The molecule has 2 aliphatic rings. The number of nitrogens with zero attached hydrogens (tertiary/aromatic N) is 3. The van der Waals surface area contributed by atoms with Gasteiger partial charge in [0.05, 0.1) is 22.2 Å². The summed E-state index contributed by atoms with van der Waals surface area (Å²) in [5.74, 6) is 0.711. The van der Waals surface area contributed by atoms with Crippen LogP contribution in [-0.2, 0) is 5.41 Å². The van der Waals surface area contributed by atoms with E-state index >= 15 is 0 Å². The van der Waals surface area contributed by atoms with Crippen LogP contribution in [0.15, 0.2) is 125 Å². The van der Waals surface area contributed by atoms with Crippen molar-refractivity contribution in [3.63, 3.8) is 0 Å². The maximum Gasteiger partial charge on any atom is 0.235 e. The minimum Gasteiger partial charge on any atom is -0.278 e. The summed E-state index contributed by atoms with van der Waals surface area (Å²) in [5, 5.41) is 6.23. The predicted molar refractivity (Wildman–Crippen MR) is 179 cm³/mol. The normalized spacial score (nSPS) is 14.4. The SMILES string of the molecule is CC1(C)c2ccc3ccccc3c2-c2c1ccc1c2c2ccccc2n1-c1nc2c3c(cccc3n1)Sc1ccccc1-2. The van der Waals surface area contributed by atoms with Crippen molar-refractivity contribution in [3.05, 3.63) is 126 Å². The Labute approximate surface area is 252 Å². The quantitative estimate of drug-likeness (QED) is 0.198. The van der Waals surface area contributed by atoms with E-state index in [1.165, 1.54) is 59.2 Å². The molecule has 8 aromatic rings. The third-order valence-corrected chi connectivity index (χ3v) is 10.7. The minimum absolute atomic E-state index is 0.104. The molecule has 1 aliphatic carbocycles. The molecule has 6 aromatic carbocycles. The zero-order valence-corrected chi connectivity index (χ0v) is 24.5. The molecule has 202 valence electrons. The molecule has 0 spiro atoms. The summed E-state index contributed by atoms with van der Waals surface area (Å²) in [5.41, 5.74) is 10.8. The van der Waals surface area contributed by atoms with Crippen LogP contribution in [0.1, 0.15) is 25.0 Å². The van der Waals surface area contributed by atoms with Crippen LogP contribution in [0.3, 0.4) is 0 Å². The summed E-state index contributed by atoms with van der Waals surface area (Å²) in [6.07, 6.45) is 0. The molecule has 3 nitrogen and oxygen atoms in total. The molecule has 4 heteroatoms. The first-order valence-electron chi connectivity index (χ1n) is 14.8. The summed E-state index contributed by atoms with van der Waals surface area (Å²) in [6, 6.07) is 41.8. The lowest BCUT2D eigenvalue weighted by Gasteiger charge is -2.21. The van der Waals surface area contributed by atoms with Gasteiger partial charge in [0.1, 0.15) is 0 Å². The Morgan fingerprint density at radius 1 is 0.581 bits per heavy atom. The van der Waals surface area contributed by atoms with Gasteiger partial charge in [0.2, 0.25) is 5.95 Å². The maximum absolute atomic E-state index is 5.37. The molecule has 2 aromatic heterocycles. The molecule has 43 heavy (non-hydrogen) atoms. The number of aromatic nitrogens is 3. The van der Waals surface area contributed by atoms with E-state index in [0.29, 0.717) is 5.95 Å². The lowest BCUT2D eigenvalue weighted by Crippen LogP contribution is -2.14. The lowest BCUT2D eigenvalue weighted by atomic mass is 9.82. The first-order chi connectivity index (χ1) is 21.1. The molecule has 0 radical (unpaired) electrons. The second kappa shape index (κ2) is 8.12. The molecule has 0 saturated heterocycles.